The Morgan fingerprint density at radius 1 is 0.464 bits per heavy atom. The second kappa shape index (κ2) is 12.0. The number of fused-ring (bicyclic) bond motifs is 10. The molecule has 0 saturated heterocycles. The fourth-order valence-corrected chi connectivity index (χ4v) is 10.4. The molecular formula is C51H38N4S. The first-order valence-electron chi connectivity index (χ1n) is 19.3. The lowest BCUT2D eigenvalue weighted by molar-refractivity contribution is 0.301. The molecule has 7 aromatic carbocycles. The van der Waals surface area contributed by atoms with Gasteiger partial charge in [0.05, 0.1) is 11.0 Å². The van der Waals surface area contributed by atoms with Crippen molar-refractivity contribution in [2.45, 2.75) is 38.5 Å². The second-order valence-corrected chi connectivity index (χ2v) is 17.1. The zero-order chi connectivity index (χ0) is 37.8. The summed E-state index contributed by atoms with van der Waals surface area (Å²) in [5.74, 6) is 1.97. The maximum Gasteiger partial charge on any atom is 0.165 e. The van der Waals surface area contributed by atoms with Gasteiger partial charge in [0, 0.05) is 58.7 Å². The van der Waals surface area contributed by atoms with Gasteiger partial charge in [0.1, 0.15) is 0 Å². The van der Waals surface area contributed by atoms with Crippen LogP contribution in [0.15, 0.2) is 158 Å². The van der Waals surface area contributed by atoms with E-state index in [2.05, 4.69) is 172 Å². The molecule has 5 heteroatoms. The Labute approximate surface area is 329 Å². The fourth-order valence-electron chi connectivity index (χ4n) is 9.14. The van der Waals surface area contributed by atoms with Crippen molar-refractivity contribution in [3.05, 3.63) is 169 Å². The van der Waals surface area contributed by atoms with Crippen molar-refractivity contribution in [3.8, 4) is 51.0 Å². The van der Waals surface area contributed by atoms with Crippen LogP contribution in [0, 0.1) is 0 Å². The fraction of sp³-hybridized carbons (Fsp3) is 0.118. The van der Waals surface area contributed by atoms with Crippen LogP contribution < -0.4 is 0 Å². The highest BCUT2D eigenvalue weighted by Crippen LogP contribution is 2.56. The Morgan fingerprint density at radius 2 is 1.11 bits per heavy atom. The molecule has 268 valence electrons. The van der Waals surface area contributed by atoms with E-state index in [1.54, 1.807) is 11.3 Å². The van der Waals surface area contributed by atoms with Crippen LogP contribution in [0.4, 0.5) is 0 Å². The summed E-state index contributed by atoms with van der Waals surface area (Å²) in [6, 6.07) is 56.5. The third-order valence-electron chi connectivity index (χ3n) is 12.6. The molecule has 4 nitrogen and oxygen atoms in total. The first-order valence-corrected chi connectivity index (χ1v) is 20.1. The largest absolute Gasteiger partial charge is 0.309 e. The zero-order valence-corrected chi connectivity index (χ0v) is 32.5. The Hall–Kier alpha value is -6.43. The van der Waals surface area contributed by atoms with Crippen LogP contribution >= 0.6 is 11.3 Å². The van der Waals surface area contributed by atoms with E-state index in [1.165, 1.54) is 64.2 Å². The normalized spacial score (nSPS) is 14.4. The average Bonchev–Trinajstić information content (AvgIpc) is 3.79. The lowest BCUT2D eigenvalue weighted by atomic mass is 9.55. The van der Waals surface area contributed by atoms with Crippen LogP contribution in [0.2, 0.25) is 0 Å². The van der Waals surface area contributed by atoms with Crippen molar-refractivity contribution in [2.24, 2.45) is 0 Å². The average molecular weight is 739 g/mol. The molecule has 10 aromatic rings. The number of benzene rings is 7. The minimum Gasteiger partial charge on any atom is -0.309 e. The molecule has 0 amide bonds. The van der Waals surface area contributed by atoms with E-state index >= 15 is 0 Å². The van der Waals surface area contributed by atoms with Crippen LogP contribution in [0.25, 0.3) is 93.0 Å². The number of aromatic nitrogens is 4. The van der Waals surface area contributed by atoms with Crippen LogP contribution in [-0.4, -0.2) is 19.5 Å². The number of nitrogens with zero attached hydrogens (tertiary/aromatic N) is 4. The minimum absolute atomic E-state index is 0.111. The van der Waals surface area contributed by atoms with Gasteiger partial charge in [-0.3, -0.25) is 0 Å². The van der Waals surface area contributed by atoms with Gasteiger partial charge in [0.15, 0.2) is 17.5 Å². The standard InChI is InChI=1S/C51H38N4S/c1-50(2)41-25-11-8-20-34(41)37-28-29-38-35-21-9-12-26-42(35)55(45(38)44(37)51(50,3)4)33-19-14-18-32(30-33)48-52-47(31-16-6-5-7-17-31)53-49(54-48)40-24-15-23-39-36-22-10-13-27-43(36)56-46(39)40/h5-30H,1-4H3. The number of rotatable bonds is 4. The molecule has 0 bridgehead atoms. The van der Waals surface area contributed by atoms with Crippen LogP contribution in [0.1, 0.15) is 38.8 Å². The zero-order valence-electron chi connectivity index (χ0n) is 31.7. The molecule has 11 rings (SSSR count). The highest BCUT2D eigenvalue weighted by atomic mass is 32.1. The monoisotopic (exact) mass is 738 g/mol. The minimum atomic E-state index is -0.179. The molecule has 0 aliphatic heterocycles. The van der Waals surface area contributed by atoms with E-state index in [0.717, 1.165) is 22.4 Å². The summed E-state index contributed by atoms with van der Waals surface area (Å²) >= 11 is 1.79. The summed E-state index contributed by atoms with van der Waals surface area (Å²) in [6.45, 7) is 9.66. The lowest BCUT2D eigenvalue weighted by Gasteiger charge is -2.48. The highest BCUT2D eigenvalue weighted by molar-refractivity contribution is 7.26. The lowest BCUT2D eigenvalue weighted by Crippen LogP contribution is -2.43. The molecule has 0 unspecified atom stereocenters. The molecular weight excluding hydrogens is 701 g/mol. The molecule has 3 heterocycles. The van der Waals surface area contributed by atoms with Crippen molar-refractivity contribution in [1.82, 2.24) is 19.5 Å². The third-order valence-corrected chi connectivity index (χ3v) is 13.8. The van der Waals surface area contributed by atoms with Crippen LogP contribution in [0.3, 0.4) is 0 Å². The Morgan fingerprint density at radius 3 is 1.96 bits per heavy atom. The van der Waals surface area contributed by atoms with Crippen molar-refractivity contribution >= 4 is 53.3 Å². The summed E-state index contributed by atoms with van der Waals surface area (Å²) in [6.07, 6.45) is 0. The summed E-state index contributed by atoms with van der Waals surface area (Å²) in [7, 11) is 0. The predicted molar refractivity (Wildman–Crippen MR) is 235 cm³/mol. The van der Waals surface area contributed by atoms with Gasteiger partial charge in [-0.1, -0.05) is 155 Å². The Balaban J connectivity index is 1.17. The molecule has 1 aliphatic carbocycles. The van der Waals surface area contributed by atoms with Crippen molar-refractivity contribution in [1.29, 1.82) is 0 Å². The highest BCUT2D eigenvalue weighted by Gasteiger charge is 2.47. The smallest absolute Gasteiger partial charge is 0.165 e. The van der Waals surface area contributed by atoms with Crippen molar-refractivity contribution < 1.29 is 0 Å². The second-order valence-electron chi connectivity index (χ2n) is 16.0. The summed E-state index contributed by atoms with van der Waals surface area (Å²) in [5, 5.41) is 4.98. The van der Waals surface area contributed by atoms with E-state index in [4.69, 9.17) is 15.0 Å². The van der Waals surface area contributed by atoms with Crippen LogP contribution in [0.5, 0.6) is 0 Å². The Bertz CT molecular complexity index is 3200. The molecule has 1 aliphatic rings. The van der Waals surface area contributed by atoms with Gasteiger partial charge in [0.25, 0.3) is 0 Å². The summed E-state index contributed by atoms with van der Waals surface area (Å²) in [4.78, 5) is 15.6. The number of para-hydroxylation sites is 1. The number of thiophene rings is 1. The third kappa shape index (κ3) is 4.67. The van der Waals surface area contributed by atoms with Gasteiger partial charge in [-0.2, -0.15) is 0 Å². The van der Waals surface area contributed by atoms with Gasteiger partial charge in [-0.25, -0.2) is 15.0 Å². The number of hydrogen-bond acceptors (Lipinski definition) is 4. The first-order chi connectivity index (χ1) is 27.3. The Kier molecular flexibility index (Phi) is 7.08. The molecule has 3 aromatic heterocycles. The molecule has 0 atom stereocenters. The van der Waals surface area contributed by atoms with E-state index in [-0.39, 0.29) is 10.8 Å². The van der Waals surface area contributed by atoms with E-state index in [0.29, 0.717) is 17.5 Å². The first kappa shape index (κ1) is 33.0. The molecule has 56 heavy (non-hydrogen) atoms. The maximum atomic E-state index is 5.28. The molecule has 0 fully saturated rings. The van der Waals surface area contributed by atoms with Gasteiger partial charge in [-0.05, 0) is 58.0 Å². The van der Waals surface area contributed by atoms with Crippen LogP contribution in [-0.2, 0) is 10.8 Å². The van der Waals surface area contributed by atoms with Crippen molar-refractivity contribution in [3.63, 3.8) is 0 Å². The number of hydrogen-bond donors (Lipinski definition) is 0. The quantitative estimate of drug-likeness (QED) is 0.181. The maximum absolute atomic E-state index is 5.28. The molecule has 0 spiro atoms. The van der Waals surface area contributed by atoms with Gasteiger partial charge in [0.2, 0.25) is 0 Å². The summed E-state index contributed by atoms with van der Waals surface area (Å²) in [5.41, 5.74) is 11.5. The SMILES string of the molecule is CC1(C)c2ccccc2-c2ccc3c4ccccc4n(-c4cccc(-c5nc(-c6ccccc6)nc(-c6cccc7c6sc6ccccc67)n5)c4)c3c2C1(C)C. The van der Waals surface area contributed by atoms with E-state index < -0.39 is 0 Å². The molecule has 0 saturated carbocycles. The molecule has 0 N–H and O–H groups in total. The van der Waals surface area contributed by atoms with Gasteiger partial charge >= 0.3 is 0 Å². The topological polar surface area (TPSA) is 43.6 Å². The summed E-state index contributed by atoms with van der Waals surface area (Å²) < 4.78 is 4.92. The van der Waals surface area contributed by atoms with Gasteiger partial charge < -0.3 is 4.57 Å². The molecule has 0 radical (unpaired) electrons. The van der Waals surface area contributed by atoms with E-state index in [9.17, 15) is 0 Å². The van der Waals surface area contributed by atoms with Gasteiger partial charge in [-0.15, -0.1) is 11.3 Å². The van der Waals surface area contributed by atoms with E-state index in [1.807, 2.05) is 18.2 Å². The predicted octanol–water partition coefficient (Wildman–Crippen LogP) is 13.6. The van der Waals surface area contributed by atoms with Crippen molar-refractivity contribution in [2.75, 3.05) is 0 Å².